The molecule has 0 fully saturated rings. The molecule has 1 amide bonds. The summed E-state index contributed by atoms with van der Waals surface area (Å²) in [5.74, 6) is -0.328. The van der Waals surface area contributed by atoms with E-state index in [4.69, 9.17) is 4.74 Å². The van der Waals surface area contributed by atoms with Gasteiger partial charge in [-0.3, -0.25) is 9.59 Å². The molecule has 2 rings (SSSR count). The standard InChI is InChI=1S/C19H18FNO3/c1-2-21-19(23)13-24-17-9-6-14(7-10-17)8-11-18(22)15-4-3-5-16(20)12-15/h3-12H,2,13H2,1H3,(H,21,23)/b11-8+. The van der Waals surface area contributed by atoms with Crippen LogP contribution in [0.3, 0.4) is 0 Å². The van der Waals surface area contributed by atoms with Gasteiger partial charge in [0.1, 0.15) is 11.6 Å². The molecule has 1 N–H and O–H groups in total. The van der Waals surface area contributed by atoms with Crippen LogP contribution in [0.25, 0.3) is 6.08 Å². The molecule has 0 atom stereocenters. The van der Waals surface area contributed by atoms with Crippen LogP contribution in [0.5, 0.6) is 5.75 Å². The van der Waals surface area contributed by atoms with Gasteiger partial charge in [0.15, 0.2) is 12.4 Å². The number of benzene rings is 2. The number of carbonyl (C=O) groups excluding carboxylic acids is 2. The Kier molecular flexibility index (Phi) is 6.25. The SMILES string of the molecule is CCNC(=O)COc1ccc(/C=C/C(=O)c2cccc(F)c2)cc1. The van der Waals surface area contributed by atoms with Crippen molar-refractivity contribution >= 4 is 17.8 Å². The fourth-order valence-corrected chi connectivity index (χ4v) is 1.98. The molecular weight excluding hydrogens is 309 g/mol. The number of ether oxygens (including phenoxy) is 1. The van der Waals surface area contributed by atoms with E-state index in [1.165, 1.54) is 24.3 Å². The first-order chi connectivity index (χ1) is 11.6. The second-order valence-corrected chi connectivity index (χ2v) is 5.02. The molecule has 0 spiro atoms. The number of hydrogen-bond acceptors (Lipinski definition) is 3. The lowest BCUT2D eigenvalue weighted by molar-refractivity contribution is -0.122. The van der Waals surface area contributed by atoms with Crippen LogP contribution in [-0.4, -0.2) is 24.8 Å². The van der Waals surface area contributed by atoms with Crippen LogP contribution in [0.1, 0.15) is 22.8 Å². The smallest absolute Gasteiger partial charge is 0.257 e. The Labute approximate surface area is 140 Å². The fourth-order valence-electron chi connectivity index (χ4n) is 1.98. The lowest BCUT2D eigenvalue weighted by Gasteiger charge is -2.06. The molecular formula is C19H18FNO3. The normalized spacial score (nSPS) is 10.6. The molecule has 2 aromatic carbocycles. The second-order valence-electron chi connectivity index (χ2n) is 5.02. The minimum absolute atomic E-state index is 0.0406. The molecule has 0 bridgehead atoms. The number of halogens is 1. The average molecular weight is 327 g/mol. The third-order valence-electron chi connectivity index (χ3n) is 3.16. The van der Waals surface area contributed by atoms with E-state index in [2.05, 4.69) is 5.32 Å². The molecule has 4 nitrogen and oxygen atoms in total. The van der Waals surface area contributed by atoms with Crippen molar-refractivity contribution < 1.29 is 18.7 Å². The Morgan fingerprint density at radius 3 is 2.58 bits per heavy atom. The zero-order valence-electron chi connectivity index (χ0n) is 13.3. The van der Waals surface area contributed by atoms with Gasteiger partial charge in [-0.15, -0.1) is 0 Å². The average Bonchev–Trinajstić information content (AvgIpc) is 2.59. The number of amides is 1. The molecule has 0 saturated heterocycles. The first kappa shape index (κ1) is 17.4. The van der Waals surface area contributed by atoms with Gasteiger partial charge in [-0.05, 0) is 42.8 Å². The maximum absolute atomic E-state index is 13.1. The summed E-state index contributed by atoms with van der Waals surface area (Å²) in [5.41, 5.74) is 1.10. The molecule has 0 unspecified atom stereocenters. The molecule has 124 valence electrons. The van der Waals surface area contributed by atoms with Gasteiger partial charge in [0.25, 0.3) is 5.91 Å². The first-order valence-electron chi connectivity index (χ1n) is 7.56. The Morgan fingerprint density at radius 2 is 1.92 bits per heavy atom. The van der Waals surface area contributed by atoms with Crippen molar-refractivity contribution in [3.63, 3.8) is 0 Å². The molecule has 0 heterocycles. The largest absolute Gasteiger partial charge is 0.484 e. The van der Waals surface area contributed by atoms with Crippen LogP contribution in [0.2, 0.25) is 0 Å². The Hall–Kier alpha value is -2.95. The van der Waals surface area contributed by atoms with Gasteiger partial charge in [0.05, 0.1) is 0 Å². The molecule has 0 radical (unpaired) electrons. The third kappa shape index (κ3) is 5.35. The van der Waals surface area contributed by atoms with E-state index in [1.54, 1.807) is 36.4 Å². The number of rotatable bonds is 7. The maximum Gasteiger partial charge on any atom is 0.257 e. The van der Waals surface area contributed by atoms with E-state index in [0.29, 0.717) is 17.9 Å². The van der Waals surface area contributed by atoms with Crippen molar-refractivity contribution in [2.24, 2.45) is 0 Å². The van der Waals surface area contributed by atoms with E-state index in [0.717, 1.165) is 5.56 Å². The van der Waals surface area contributed by atoms with Crippen molar-refractivity contribution in [3.8, 4) is 5.75 Å². The summed E-state index contributed by atoms with van der Waals surface area (Å²) >= 11 is 0. The molecule has 0 aliphatic heterocycles. The molecule has 2 aromatic rings. The third-order valence-corrected chi connectivity index (χ3v) is 3.16. The van der Waals surface area contributed by atoms with Gasteiger partial charge in [-0.1, -0.05) is 30.3 Å². The van der Waals surface area contributed by atoms with Crippen LogP contribution < -0.4 is 10.1 Å². The van der Waals surface area contributed by atoms with Crippen molar-refractivity contribution in [2.45, 2.75) is 6.92 Å². The summed E-state index contributed by atoms with van der Waals surface area (Å²) in [6, 6.07) is 12.5. The lowest BCUT2D eigenvalue weighted by atomic mass is 10.1. The predicted molar refractivity (Wildman–Crippen MR) is 90.4 cm³/mol. The molecule has 5 heteroatoms. The fraction of sp³-hybridized carbons (Fsp3) is 0.158. The van der Waals surface area contributed by atoms with Crippen molar-refractivity contribution in [1.29, 1.82) is 0 Å². The summed E-state index contributed by atoms with van der Waals surface area (Å²) in [6.45, 7) is 2.36. The van der Waals surface area contributed by atoms with Gasteiger partial charge in [0.2, 0.25) is 0 Å². The summed E-state index contributed by atoms with van der Waals surface area (Å²) in [5, 5.41) is 2.64. The Bertz CT molecular complexity index is 739. The van der Waals surface area contributed by atoms with Crippen LogP contribution >= 0.6 is 0 Å². The van der Waals surface area contributed by atoms with Crippen molar-refractivity contribution in [1.82, 2.24) is 5.32 Å². The van der Waals surface area contributed by atoms with Crippen molar-refractivity contribution in [2.75, 3.05) is 13.2 Å². The highest BCUT2D eigenvalue weighted by molar-refractivity contribution is 6.06. The molecule has 0 aromatic heterocycles. The number of likely N-dealkylation sites (N-methyl/N-ethyl adjacent to an activating group) is 1. The van der Waals surface area contributed by atoms with Crippen LogP contribution in [0, 0.1) is 5.82 Å². The van der Waals surface area contributed by atoms with E-state index in [1.807, 2.05) is 6.92 Å². The van der Waals surface area contributed by atoms with E-state index >= 15 is 0 Å². The Morgan fingerprint density at radius 1 is 1.17 bits per heavy atom. The second kappa shape index (κ2) is 8.62. The van der Waals surface area contributed by atoms with Gasteiger partial charge < -0.3 is 10.1 Å². The zero-order chi connectivity index (χ0) is 17.4. The lowest BCUT2D eigenvalue weighted by Crippen LogP contribution is -2.28. The zero-order valence-corrected chi connectivity index (χ0v) is 13.3. The van der Waals surface area contributed by atoms with Crippen molar-refractivity contribution in [3.05, 3.63) is 71.6 Å². The molecule has 0 aliphatic rings. The topological polar surface area (TPSA) is 55.4 Å². The quantitative estimate of drug-likeness (QED) is 0.627. The Balaban J connectivity index is 1.93. The minimum atomic E-state index is -0.442. The summed E-state index contributed by atoms with van der Waals surface area (Å²) in [6.07, 6.45) is 3.03. The monoisotopic (exact) mass is 327 g/mol. The highest BCUT2D eigenvalue weighted by Crippen LogP contribution is 2.14. The first-order valence-corrected chi connectivity index (χ1v) is 7.56. The van der Waals surface area contributed by atoms with Gasteiger partial charge in [-0.25, -0.2) is 4.39 Å². The van der Waals surface area contributed by atoms with E-state index in [-0.39, 0.29) is 18.3 Å². The molecule has 0 aliphatic carbocycles. The number of ketones is 1. The molecule has 0 saturated carbocycles. The summed E-state index contributed by atoms with van der Waals surface area (Å²) in [7, 11) is 0. The highest BCUT2D eigenvalue weighted by Gasteiger charge is 2.03. The van der Waals surface area contributed by atoms with Gasteiger partial charge >= 0.3 is 0 Å². The van der Waals surface area contributed by atoms with E-state index < -0.39 is 5.82 Å². The number of allylic oxidation sites excluding steroid dienone is 1. The van der Waals surface area contributed by atoms with E-state index in [9.17, 15) is 14.0 Å². The highest BCUT2D eigenvalue weighted by atomic mass is 19.1. The van der Waals surface area contributed by atoms with Crippen LogP contribution in [0.4, 0.5) is 4.39 Å². The summed E-state index contributed by atoms with van der Waals surface area (Å²) in [4.78, 5) is 23.3. The number of nitrogens with one attached hydrogen (secondary N) is 1. The van der Waals surface area contributed by atoms with Crippen LogP contribution in [-0.2, 0) is 4.79 Å². The maximum atomic E-state index is 13.1. The predicted octanol–water partition coefficient (Wildman–Crippen LogP) is 3.24. The van der Waals surface area contributed by atoms with Gasteiger partial charge in [-0.2, -0.15) is 0 Å². The number of hydrogen-bond donors (Lipinski definition) is 1. The molecule has 24 heavy (non-hydrogen) atoms. The minimum Gasteiger partial charge on any atom is -0.484 e. The summed E-state index contributed by atoms with van der Waals surface area (Å²) < 4.78 is 18.4. The van der Waals surface area contributed by atoms with Gasteiger partial charge in [0, 0.05) is 12.1 Å². The number of carbonyl (C=O) groups is 2. The van der Waals surface area contributed by atoms with Crippen LogP contribution in [0.15, 0.2) is 54.6 Å².